The van der Waals surface area contributed by atoms with Crippen molar-refractivity contribution in [2.45, 2.75) is 6.92 Å². The Morgan fingerprint density at radius 3 is 2.37 bits per heavy atom. The number of carbonyl (C=O) groups excluding carboxylic acids is 1. The molecule has 6 nitrogen and oxygen atoms in total. The number of hydrogen-bond donors (Lipinski definition) is 1. The molecule has 0 saturated heterocycles. The highest BCUT2D eigenvalue weighted by atomic mass is 16.1. The minimum atomic E-state index is -0.166. The molecule has 0 aliphatic rings. The first-order chi connectivity index (χ1) is 13.2. The maximum Gasteiger partial charge on any atom is 0.255 e. The Labute approximate surface area is 156 Å². The summed E-state index contributed by atoms with van der Waals surface area (Å²) < 4.78 is 1.57. The predicted octanol–water partition coefficient (Wildman–Crippen LogP) is 3.89. The number of tetrazole rings is 1. The molecule has 132 valence electrons. The molecular weight excluding hydrogens is 338 g/mol. The number of aromatic nitrogens is 4. The number of rotatable bonds is 4. The van der Waals surface area contributed by atoms with Crippen molar-refractivity contribution in [1.29, 1.82) is 0 Å². The van der Waals surface area contributed by atoms with E-state index in [0.29, 0.717) is 11.3 Å². The zero-order valence-electron chi connectivity index (χ0n) is 14.7. The van der Waals surface area contributed by atoms with Crippen LogP contribution in [0.2, 0.25) is 0 Å². The van der Waals surface area contributed by atoms with Crippen molar-refractivity contribution in [3.05, 3.63) is 90.3 Å². The highest BCUT2D eigenvalue weighted by Gasteiger charge is 2.09. The summed E-state index contributed by atoms with van der Waals surface area (Å²) in [5, 5.41) is 14.1. The number of hydrogen-bond acceptors (Lipinski definition) is 4. The van der Waals surface area contributed by atoms with Gasteiger partial charge in [-0.25, -0.2) is 4.68 Å². The quantitative estimate of drug-likeness (QED) is 0.603. The fraction of sp³-hybridized carbons (Fsp3) is 0.0476. The Bertz CT molecular complexity index is 1060. The van der Waals surface area contributed by atoms with Gasteiger partial charge in [0.05, 0.1) is 5.69 Å². The molecule has 0 spiro atoms. The molecule has 0 saturated carbocycles. The normalized spacial score (nSPS) is 10.6. The summed E-state index contributed by atoms with van der Waals surface area (Å²) in [4.78, 5) is 12.6. The van der Waals surface area contributed by atoms with Crippen LogP contribution in [0.1, 0.15) is 15.9 Å². The van der Waals surface area contributed by atoms with Crippen molar-refractivity contribution in [2.75, 3.05) is 5.32 Å². The van der Waals surface area contributed by atoms with Gasteiger partial charge < -0.3 is 5.32 Å². The summed E-state index contributed by atoms with van der Waals surface area (Å²) in [6.07, 6.45) is 1.52. The standard InChI is InChI=1S/C21H17N5O/c1-15-7-12-19(13-20(15)26-14-22-24-25-26)23-21(27)18-10-8-17(9-11-18)16-5-3-2-4-6-16/h2-14H,1H3,(H,23,27). The van der Waals surface area contributed by atoms with Crippen molar-refractivity contribution in [2.24, 2.45) is 0 Å². The van der Waals surface area contributed by atoms with Gasteiger partial charge in [-0.15, -0.1) is 5.10 Å². The molecule has 27 heavy (non-hydrogen) atoms. The summed E-state index contributed by atoms with van der Waals surface area (Å²) in [6, 6.07) is 23.2. The number of benzene rings is 3. The van der Waals surface area contributed by atoms with Gasteiger partial charge in [-0.05, 0) is 58.3 Å². The van der Waals surface area contributed by atoms with Crippen LogP contribution < -0.4 is 5.32 Å². The molecule has 4 rings (SSSR count). The molecule has 6 heteroatoms. The fourth-order valence-corrected chi connectivity index (χ4v) is 2.85. The van der Waals surface area contributed by atoms with Crippen LogP contribution >= 0.6 is 0 Å². The smallest absolute Gasteiger partial charge is 0.255 e. The summed E-state index contributed by atoms with van der Waals surface area (Å²) in [6.45, 7) is 1.96. The molecule has 1 heterocycles. The van der Waals surface area contributed by atoms with Crippen LogP contribution in [-0.4, -0.2) is 26.1 Å². The third kappa shape index (κ3) is 3.59. The van der Waals surface area contributed by atoms with E-state index in [4.69, 9.17) is 0 Å². The van der Waals surface area contributed by atoms with Gasteiger partial charge in [0.1, 0.15) is 6.33 Å². The minimum Gasteiger partial charge on any atom is -0.322 e. The SMILES string of the molecule is Cc1ccc(NC(=O)c2ccc(-c3ccccc3)cc2)cc1-n1cnnn1. The minimum absolute atomic E-state index is 0.166. The summed E-state index contributed by atoms with van der Waals surface area (Å²) in [5.74, 6) is -0.166. The van der Waals surface area contributed by atoms with Gasteiger partial charge in [-0.2, -0.15) is 0 Å². The molecule has 0 fully saturated rings. The zero-order valence-corrected chi connectivity index (χ0v) is 14.7. The molecule has 1 N–H and O–H groups in total. The van der Waals surface area contributed by atoms with Crippen molar-refractivity contribution in [3.63, 3.8) is 0 Å². The lowest BCUT2D eigenvalue weighted by Gasteiger charge is -2.10. The Kier molecular flexibility index (Phi) is 4.45. The topological polar surface area (TPSA) is 72.7 Å². The molecule has 3 aromatic carbocycles. The van der Waals surface area contributed by atoms with Gasteiger partial charge >= 0.3 is 0 Å². The van der Waals surface area contributed by atoms with Crippen LogP contribution in [0.25, 0.3) is 16.8 Å². The summed E-state index contributed by atoms with van der Waals surface area (Å²) in [5.41, 5.74) is 5.30. The Morgan fingerprint density at radius 2 is 1.67 bits per heavy atom. The molecule has 0 aliphatic heterocycles. The Morgan fingerprint density at radius 1 is 0.926 bits per heavy atom. The van der Waals surface area contributed by atoms with E-state index in [-0.39, 0.29) is 5.91 Å². The van der Waals surface area contributed by atoms with E-state index in [1.807, 2.05) is 79.7 Å². The Hall–Kier alpha value is -3.80. The molecular formula is C21H17N5O. The fourth-order valence-electron chi connectivity index (χ4n) is 2.85. The largest absolute Gasteiger partial charge is 0.322 e. The molecule has 4 aromatic rings. The van der Waals surface area contributed by atoms with Gasteiger partial charge in [0, 0.05) is 11.3 Å². The van der Waals surface area contributed by atoms with Crippen LogP contribution in [0.15, 0.2) is 79.1 Å². The number of carbonyl (C=O) groups is 1. The molecule has 1 aromatic heterocycles. The first kappa shape index (κ1) is 16.7. The van der Waals surface area contributed by atoms with Crippen LogP contribution in [-0.2, 0) is 0 Å². The van der Waals surface area contributed by atoms with E-state index in [0.717, 1.165) is 22.4 Å². The molecule has 0 atom stereocenters. The van der Waals surface area contributed by atoms with Gasteiger partial charge in [0.25, 0.3) is 5.91 Å². The van der Waals surface area contributed by atoms with Gasteiger partial charge in [-0.3, -0.25) is 4.79 Å². The van der Waals surface area contributed by atoms with Crippen LogP contribution in [0.3, 0.4) is 0 Å². The number of nitrogens with one attached hydrogen (secondary N) is 1. The van der Waals surface area contributed by atoms with E-state index < -0.39 is 0 Å². The summed E-state index contributed by atoms with van der Waals surface area (Å²) >= 11 is 0. The highest BCUT2D eigenvalue weighted by molar-refractivity contribution is 6.04. The molecule has 0 aliphatic carbocycles. The maximum atomic E-state index is 12.6. The average molecular weight is 355 g/mol. The van der Waals surface area contributed by atoms with Crippen molar-refractivity contribution >= 4 is 11.6 Å². The van der Waals surface area contributed by atoms with E-state index in [2.05, 4.69) is 20.8 Å². The van der Waals surface area contributed by atoms with Gasteiger partial charge in [0.2, 0.25) is 0 Å². The van der Waals surface area contributed by atoms with Crippen molar-refractivity contribution in [3.8, 4) is 16.8 Å². The van der Waals surface area contributed by atoms with Crippen LogP contribution in [0, 0.1) is 6.92 Å². The predicted molar refractivity (Wildman–Crippen MR) is 104 cm³/mol. The second kappa shape index (κ2) is 7.21. The lowest BCUT2D eigenvalue weighted by atomic mass is 10.0. The second-order valence-corrected chi connectivity index (χ2v) is 6.15. The van der Waals surface area contributed by atoms with Crippen LogP contribution in [0.4, 0.5) is 5.69 Å². The monoisotopic (exact) mass is 355 g/mol. The number of aryl methyl sites for hydroxylation is 1. The second-order valence-electron chi connectivity index (χ2n) is 6.15. The third-order valence-corrected chi connectivity index (χ3v) is 4.32. The number of amides is 1. The number of nitrogens with zero attached hydrogens (tertiary/aromatic N) is 4. The van der Waals surface area contributed by atoms with Gasteiger partial charge in [0.15, 0.2) is 0 Å². The lowest BCUT2D eigenvalue weighted by Crippen LogP contribution is -2.12. The first-order valence-electron chi connectivity index (χ1n) is 8.51. The molecule has 0 radical (unpaired) electrons. The molecule has 0 bridgehead atoms. The first-order valence-corrected chi connectivity index (χ1v) is 8.51. The highest BCUT2D eigenvalue weighted by Crippen LogP contribution is 2.21. The zero-order chi connectivity index (χ0) is 18.6. The number of anilines is 1. The molecule has 1 amide bonds. The lowest BCUT2D eigenvalue weighted by molar-refractivity contribution is 0.102. The van der Waals surface area contributed by atoms with E-state index in [1.165, 1.54) is 6.33 Å². The van der Waals surface area contributed by atoms with Crippen molar-refractivity contribution < 1.29 is 4.79 Å². The van der Waals surface area contributed by atoms with Crippen molar-refractivity contribution in [1.82, 2.24) is 20.2 Å². The van der Waals surface area contributed by atoms with Crippen LogP contribution in [0.5, 0.6) is 0 Å². The Balaban J connectivity index is 1.53. The third-order valence-electron chi connectivity index (χ3n) is 4.32. The van der Waals surface area contributed by atoms with E-state index >= 15 is 0 Å². The summed E-state index contributed by atoms with van der Waals surface area (Å²) in [7, 11) is 0. The average Bonchev–Trinajstić information content (AvgIpc) is 3.25. The maximum absolute atomic E-state index is 12.6. The van der Waals surface area contributed by atoms with E-state index in [9.17, 15) is 4.79 Å². The van der Waals surface area contributed by atoms with Gasteiger partial charge in [-0.1, -0.05) is 48.5 Å². The molecule has 0 unspecified atom stereocenters. The van der Waals surface area contributed by atoms with E-state index in [1.54, 1.807) is 4.68 Å².